The Balaban J connectivity index is 2.46. The van der Waals surface area contributed by atoms with E-state index in [2.05, 4.69) is 10.3 Å². The molecule has 0 atom stereocenters. The van der Waals surface area contributed by atoms with Crippen LogP contribution in [0, 0.1) is 0 Å². The predicted octanol–water partition coefficient (Wildman–Crippen LogP) is 1.15. The van der Waals surface area contributed by atoms with Crippen molar-refractivity contribution in [1.29, 1.82) is 0 Å². The number of pyridine rings is 1. The predicted molar refractivity (Wildman–Crippen MR) is 51.2 cm³/mol. The number of rotatable bonds is 3. The Morgan fingerprint density at radius 1 is 1.54 bits per heavy atom. The number of amides is 1. The van der Waals surface area contributed by atoms with Crippen molar-refractivity contribution in [2.24, 2.45) is 0 Å². The molecule has 0 bridgehead atoms. The van der Waals surface area contributed by atoms with E-state index < -0.39 is 0 Å². The van der Waals surface area contributed by atoms with Crippen LogP contribution in [0.3, 0.4) is 0 Å². The lowest BCUT2D eigenvalue weighted by Gasteiger charge is -2.07. The molecule has 0 saturated carbocycles. The van der Waals surface area contributed by atoms with Gasteiger partial charge in [-0.3, -0.25) is 9.78 Å². The summed E-state index contributed by atoms with van der Waals surface area (Å²) in [6, 6.07) is 5.76. The Kier molecular flexibility index (Phi) is 3.43. The molecule has 13 heavy (non-hydrogen) atoms. The standard InChI is InChI=1S/C10H14N2O/c1-8(2)12-10(13)7-9-5-3-4-6-11-9/h3-6,8H,7H2,1-2H3,(H,12,13). The molecular formula is C10H14N2O. The van der Waals surface area contributed by atoms with Gasteiger partial charge in [0.25, 0.3) is 0 Å². The van der Waals surface area contributed by atoms with Gasteiger partial charge in [-0.2, -0.15) is 0 Å². The molecule has 0 aromatic carbocycles. The number of nitrogens with zero attached hydrogens (tertiary/aromatic N) is 1. The van der Waals surface area contributed by atoms with Crippen LogP contribution in [0.25, 0.3) is 0 Å². The summed E-state index contributed by atoms with van der Waals surface area (Å²) in [6.45, 7) is 3.88. The van der Waals surface area contributed by atoms with E-state index in [0.717, 1.165) is 5.69 Å². The van der Waals surface area contributed by atoms with Gasteiger partial charge in [0.05, 0.1) is 6.42 Å². The zero-order valence-corrected chi connectivity index (χ0v) is 7.95. The fourth-order valence-electron chi connectivity index (χ4n) is 1.04. The third-order valence-corrected chi connectivity index (χ3v) is 1.52. The summed E-state index contributed by atoms with van der Waals surface area (Å²) >= 11 is 0. The van der Waals surface area contributed by atoms with Crippen molar-refractivity contribution in [2.75, 3.05) is 0 Å². The monoisotopic (exact) mass is 178 g/mol. The van der Waals surface area contributed by atoms with Crippen LogP contribution in [-0.4, -0.2) is 16.9 Å². The summed E-state index contributed by atoms with van der Waals surface area (Å²) in [5.41, 5.74) is 0.806. The normalized spacial score (nSPS) is 10.1. The van der Waals surface area contributed by atoms with Gasteiger partial charge in [-0.25, -0.2) is 0 Å². The lowest BCUT2D eigenvalue weighted by Crippen LogP contribution is -2.31. The summed E-state index contributed by atoms with van der Waals surface area (Å²) in [5.74, 6) is 0.0219. The third kappa shape index (κ3) is 3.69. The van der Waals surface area contributed by atoms with Crippen molar-refractivity contribution in [3.63, 3.8) is 0 Å². The van der Waals surface area contributed by atoms with Gasteiger partial charge in [0, 0.05) is 17.9 Å². The summed E-state index contributed by atoms with van der Waals surface area (Å²) < 4.78 is 0. The van der Waals surface area contributed by atoms with Gasteiger partial charge in [0.1, 0.15) is 0 Å². The molecule has 3 nitrogen and oxygen atoms in total. The van der Waals surface area contributed by atoms with Crippen molar-refractivity contribution < 1.29 is 4.79 Å². The summed E-state index contributed by atoms with van der Waals surface area (Å²) in [4.78, 5) is 15.3. The fraction of sp³-hybridized carbons (Fsp3) is 0.400. The molecule has 0 aliphatic rings. The van der Waals surface area contributed by atoms with Crippen LogP contribution < -0.4 is 5.32 Å². The van der Waals surface area contributed by atoms with Crippen LogP contribution in [-0.2, 0) is 11.2 Å². The first-order valence-electron chi connectivity index (χ1n) is 4.38. The Morgan fingerprint density at radius 3 is 2.85 bits per heavy atom. The Bertz CT molecular complexity index is 270. The van der Waals surface area contributed by atoms with Crippen molar-refractivity contribution in [3.8, 4) is 0 Å². The first-order chi connectivity index (χ1) is 6.18. The Hall–Kier alpha value is -1.38. The van der Waals surface area contributed by atoms with Crippen LogP contribution in [0.1, 0.15) is 19.5 Å². The molecule has 1 aromatic rings. The lowest BCUT2D eigenvalue weighted by atomic mass is 10.2. The van der Waals surface area contributed by atoms with Crippen LogP contribution in [0.15, 0.2) is 24.4 Å². The van der Waals surface area contributed by atoms with E-state index in [0.29, 0.717) is 6.42 Å². The highest BCUT2D eigenvalue weighted by Crippen LogP contribution is 1.94. The molecule has 1 amide bonds. The zero-order valence-electron chi connectivity index (χ0n) is 7.95. The number of carbonyl (C=O) groups is 1. The zero-order chi connectivity index (χ0) is 9.68. The van der Waals surface area contributed by atoms with Gasteiger partial charge in [-0.05, 0) is 26.0 Å². The van der Waals surface area contributed by atoms with Crippen LogP contribution in [0.5, 0.6) is 0 Å². The highest BCUT2D eigenvalue weighted by Gasteiger charge is 2.04. The highest BCUT2D eigenvalue weighted by molar-refractivity contribution is 5.78. The van der Waals surface area contributed by atoms with Crippen molar-refractivity contribution in [1.82, 2.24) is 10.3 Å². The minimum Gasteiger partial charge on any atom is -0.354 e. The van der Waals surface area contributed by atoms with Gasteiger partial charge < -0.3 is 5.32 Å². The van der Waals surface area contributed by atoms with Gasteiger partial charge in [0.15, 0.2) is 0 Å². The van der Waals surface area contributed by atoms with Gasteiger partial charge in [-0.1, -0.05) is 6.07 Å². The average molecular weight is 178 g/mol. The molecule has 1 rings (SSSR count). The van der Waals surface area contributed by atoms with Crippen LogP contribution >= 0.6 is 0 Å². The second kappa shape index (κ2) is 4.60. The molecule has 0 radical (unpaired) electrons. The molecule has 0 aliphatic carbocycles. The second-order valence-electron chi connectivity index (χ2n) is 3.22. The maximum atomic E-state index is 11.3. The Labute approximate surface area is 78.2 Å². The molecule has 1 aromatic heterocycles. The molecule has 3 heteroatoms. The molecule has 0 spiro atoms. The second-order valence-corrected chi connectivity index (χ2v) is 3.22. The van der Waals surface area contributed by atoms with Crippen molar-refractivity contribution in [3.05, 3.63) is 30.1 Å². The largest absolute Gasteiger partial charge is 0.354 e. The first kappa shape index (κ1) is 9.71. The number of hydrogen-bond acceptors (Lipinski definition) is 2. The summed E-state index contributed by atoms with van der Waals surface area (Å²) in [7, 11) is 0. The molecule has 1 N–H and O–H groups in total. The topological polar surface area (TPSA) is 42.0 Å². The van der Waals surface area contributed by atoms with E-state index in [1.807, 2.05) is 32.0 Å². The SMILES string of the molecule is CC(C)NC(=O)Cc1ccccn1. The molecular weight excluding hydrogens is 164 g/mol. The molecule has 70 valence electrons. The molecule has 0 saturated heterocycles. The minimum atomic E-state index is 0.0219. The van der Waals surface area contributed by atoms with E-state index in [1.165, 1.54) is 0 Å². The van der Waals surface area contributed by atoms with Crippen LogP contribution in [0.4, 0.5) is 0 Å². The number of nitrogens with one attached hydrogen (secondary N) is 1. The van der Waals surface area contributed by atoms with E-state index in [1.54, 1.807) is 6.20 Å². The lowest BCUT2D eigenvalue weighted by molar-refractivity contribution is -0.120. The highest BCUT2D eigenvalue weighted by atomic mass is 16.1. The summed E-state index contributed by atoms with van der Waals surface area (Å²) in [6.07, 6.45) is 2.05. The van der Waals surface area contributed by atoms with Crippen molar-refractivity contribution >= 4 is 5.91 Å². The molecule has 1 heterocycles. The summed E-state index contributed by atoms with van der Waals surface area (Å²) in [5, 5.41) is 2.81. The van der Waals surface area contributed by atoms with E-state index in [-0.39, 0.29) is 11.9 Å². The molecule has 0 fully saturated rings. The van der Waals surface area contributed by atoms with Crippen LogP contribution in [0.2, 0.25) is 0 Å². The smallest absolute Gasteiger partial charge is 0.226 e. The fourth-order valence-corrected chi connectivity index (χ4v) is 1.04. The number of carbonyl (C=O) groups excluding carboxylic acids is 1. The van der Waals surface area contributed by atoms with Gasteiger partial charge in [0.2, 0.25) is 5.91 Å². The Morgan fingerprint density at radius 2 is 2.31 bits per heavy atom. The van der Waals surface area contributed by atoms with E-state index in [9.17, 15) is 4.79 Å². The van der Waals surface area contributed by atoms with Crippen molar-refractivity contribution in [2.45, 2.75) is 26.3 Å². The first-order valence-corrected chi connectivity index (χ1v) is 4.38. The van der Waals surface area contributed by atoms with Gasteiger partial charge in [-0.15, -0.1) is 0 Å². The maximum absolute atomic E-state index is 11.3. The van der Waals surface area contributed by atoms with E-state index >= 15 is 0 Å². The minimum absolute atomic E-state index is 0.0219. The van der Waals surface area contributed by atoms with Gasteiger partial charge >= 0.3 is 0 Å². The molecule has 0 aliphatic heterocycles. The number of aromatic nitrogens is 1. The quantitative estimate of drug-likeness (QED) is 0.754. The van der Waals surface area contributed by atoms with E-state index in [4.69, 9.17) is 0 Å². The average Bonchev–Trinajstić information content (AvgIpc) is 2.04. The molecule has 0 unspecified atom stereocenters. The maximum Gasteiger partial charge on any atom is 0.226 e. The third-order valence-electron chi connectivity index (χ3n) is 1.52. The number of hydrogen-bond donors (Lipinski definition) is 1.